The Morgan fingerprint density at radius 2 is 2.18 bits per heavy atom. The fraction of sp³-hybridized carbons (Fsp3) is 0.412. The molecule has 4 nitrogen and oxygen atoms in total. The number of amides is 1. The SMILES string of the molecule is CC(O)C1CCCN(C(=O)c2csc(-c3ccccc3)n2)C1. The molecule has 0 bridgehead atoms. The van der Waals surface area contributed by atoms with Crippen LogP contribution < -0.4 is 0 Å². The van der Waals surface area contributed by atoms with Crippen molar-refractivity contribution in [1.29, 1.82) is 0 Å². The molecule has 1 aromatic carbocycles. The second-order valence-electron chi connectivity index (χ2n) is 5.80. The molecule has 22 heavy (non-hydrogen) atoms. The lowest BCUT2D eigenvalue weighted by atomic mass is 9.93. The van der Waals surface area contributed by atoms with E-state index in [1.807, 2.05) is 40.6 Å². The molecule has 1 aliphatic rings. The predicted octanol–water partition coefficient (Wildman–Crippen LogP) is 3.04. The minimum Gasteiger partial charge on any atom is -0.393 e. The van der Waals surface area contributed by atoms with E-state index in [0.29, 0.717) is 12.2 Å². The lowest BCUT2D eigenvalue weighted by Crippen LogP contribution is -2.43. The Balaban J connectivity index is 1.74. The van der Waals surface area contributed by atoms with Crippen LogP contribution in [0.15, 0.2) is 35.7 Å². The van der Waals surface area contributed by atoms with Gasteiger partial charge in [0.25, 0.3) is 5.91 Å². The highest BCUT2D eigenvalue weighted by molar-refractivity contribution is 7.13. The Morgan fingerprint density at radius 1 is 1.41 bits per heavy atom. The highest BCUT2D eigenvalue weighted by Crippen LogP contribution is 2.26. The summed E-state index contributed by atoms with van der Waals surface area (Å²) in [6.45, 7) is 3.17. The quantitative estimate of drug-likeness (QED) is 0.947. The highest BCUT2D eigenvalue weighted by Gasteiger charge is 2.28. The van der Waals surface area contributed by atoms with Gasteiger partial charge in [-0.25, -0.2) is 4.98 Å². The molecule has 1 aromatic heterocycles. The second kappa shape index (κ2) is 6.58. The fourth-order valence-electron chi connectivity index (χ4n) is 2.84. The Morgan fingerprint density at radius 3 is 2.91 bits per heavy atom. The number of carbonyl (C=O) groups excluding carboxylic acids is 1. The van der Waals surface area contributed by atoms with E-state index < -0.39 is 0 Å². The zero-order chi connectivity index (χ0) is 15.5. The summed E-state index contributed by atoms with van der Waals surface area (Å²) in [7, 11) is 0. The number of nitrogens with zero attached hydrogens (tertiary/aromatic N) is 2. The molecule has 0 spiro atoms. The summed E-state index contributed by atoms with van der Waals surface area (Å²) in [5.41, 5.74) is 1.54. The molecule has 0 saturated carbocycles. The molecule has 1 amide bonds. The van der Waals surface area contributed by atoms with E-state index >= 15 is 0 Å². The van der Waals surface area contributed by atoms with Gasteiger partial charge in [-0.1, -0.05) is 30.3 Å². The van der Waals surface area contributed by atoms with Gasteiger partial charge in [0.05, 0.1) is 6.10 Å². The number of hydrogen-bond acceptors (Lipinski definition) is 4. The summed E-state index contributed by atoms with van der Waals surface area (Å²) >= 11 is 1.49. The van der Waals surface area contributed by atoms with Gasteiger partial charge in [0, 0.05) is 30.0 Å². The first kappa shape index (κ1) is 15.2. The van der Waals surface area contributed by atoms with Gasteiger partial charge in [-0.05, 0) is 19.8 Å². The Bertz CT molecular complexity index is 639. The van der Waals surface area contributed by atoms with Crippen LogP contribution in [0.2, 0.25) is 0 Å². The number of aliphatic hydroxyl groups excluding tert-OH is 1. The second-order valence-corrected chi connectivity index (χ2v) is 6.66. The van der Waals surface area contributed by atoms with E-state index in [1.54, 1.807) is 6.92 Å². The molecule has 2 heterocycles. The molecular formula is C17H20N2O2S. The monoisotopic (exact) mass is 316 g/mol. The van der Waals surface area contributed by atoms with Gasteiger partial charge in [-0.15, -0.1) is 11.3 Å². The van der Waals surface area contributed by atoms with E-state index in [1.165, 1.54) is 11.3 Å². The maximum Gasteiger partial charge on any atom is 0.273 e. The van der Waals surface area contributed by atoms with Gasteiger partial charge in [0.15, 0.2) is 0 Å². The smallest absolute Gasteiger partial charge is 0.273 e. The first-order chi connectivity index (χ1) is 10.6. The van der Waals surface area contributed by atoms with Crippen molar-refractivity contribution >= 4 is 17.2 Å². The molecule has 1 fully saturated rings. The van der Waals surface area contributed by atoms with Gasteiger partial charge >= 0.3 is 0 Å². The van der Waals surface area contributed by atoms with Crippen LogP contribution >= 0.6 is 11.3 Å². The van der Waals surface area contributed by atoms with Crippen LogP contribution in [0.4, 0.5) is 0 Å². The van der Waals surface area contributed by atoms with E-state index in [0.717, 1.165) is 30.0 Å². The van der Waals surface area contributed by atoms with Crippen LogP contribution in [-0.2, 0) is 0 Å². The summed E-state index contributed by atoms with van der Waals surface area (Å²) in [5.74, 6) is 0.147. The van der Waals surface area contributed by atoms with Crippen molar-refractivity contribution in [2.24, 2.45) is 5.92 Å². The molecule has 1 N–H and O–H groups in total. The van der Waals surface area contributed by atoms with Gasteiger partial charge in [-0.2, -0.15) is 0 Å². The summed E-state index contributed by atoms with van der Waals surface area (Å²) in [6.07, 6.45) is 1.55. The van der Waals surface area contributed by atoms with E-state index in [2.05, 4.69) is 4.98 Å². The van der Waals surface area contributed by atoms with Crippen molar-refractivity contribution in [1.82, 2.24) is 9.88 Å². The number of aliphatic hydroxyl groups is 1. The molecule has 0 radical (unpaired) electrons. The molecule has 5 heteroatoms. The van der Waals surface area contributed by atoms with Crippen LogP contribution in [-0.4, -0.2) is 40.1 Å². The van der Waals surface area contributed by atoms with Crippen molar-refractivity contribution in [3.05, 3.63) is 41.4 Å². The number of aromatic nitrogens is 1. The summed E-state index contributed by atoms with van der Waals surface area (Å²) < 4.78 is 0. The molecule has 1 saturated heterocycles. The first-order valence-corrected chi connectivity index (χ1v) is 8.51. The Hall–Kier alpha value is -1.72. The van der Waals surface area contributed by atoms with Crippen LogP contribution in [0.5, 0.6) is 0 Å². The molecule has 1 aliphatic heterocycles. The van der Waals surface area contributed by atoms with E-state index in [9.17, 15) is 9.90 Å². The molecular weight excluding hydrogens is 296 g/mol. The van der Waals surface area contributed by atoms with Crippen LogP contribution in [0.1, 0.15) is 30.3 Å². The Kier molecular flexibility index (Phi) is 4.55. The molecule has 2 unspecified atom stereocenters. The number of piperidine rings is 1. The number of hydrogen-bond donors (Lipinski definition) is 1. The van der Waals surface area contributed by atoms with Gasteiger partial charge in [0.2, 0.25) is 0 Å². The van der Waals surface area contributed by atoms with Crippen LogP contribution in [0.3, 0.4) is 0 Å². The number of thiazole rings is 1. The highest BCUT2D eigenvalue weighted by atomic mass is 32.1. The molecule has 3 rings (SSSR count). The van der Waals surface area contributed by atoms with Gasteiger partial charge in [0.1, 0.15) is 10.7 Å². The number of benzene rings is 1. The molecule has 116 valence electrons. The van der Waals surface area contributed by atoms with Crippen molar-refractivity contribution in [3.63, 3.8) is 0 Å². The third kappa shape index (κ3) is 3.20. The van der Waals surface area contributed by atoms with Crippen molar-refractivity contribution in [2.75, 3.05) is 13.1 Å². The third-order valence-corrected chi connectivity index (χ3v) is 5.06. The van der Waals surface area contributed by atoms with Gasteiger partial charge < -0.3 is 10.0 Å². The lowest BCUT2D eigenvalue weighted by molar-refractivity contribution is 0.0462. The van der Waals surface area contributed by atoms with Crippen LogP contribution in [0, 0.1) is 5.92 Å². The summed E-state index contributed by atoms with van der Waals surface area (Å²) in [6, 6.07) is 9.90. The Labute approximate surface area is 134 Å². The average Bonchev–Trinajstić information content (AvgIpc) is 3.05. The van der Waals surface area contributed by atoms with Crippen molar-refractivity contribution < 1.29 is 9.90 Å². The van der Waals surface area contributed by atoms with Crippen molar-refractivity contribution in [2.45, 2.75) is 25.9 Å². The fourth-order valence-corrected chi connectivity index (χ4v) is 3.64. The minimum atomic E-state index is -0.370. The van der Waals surface area contributed by atoms with Crippen LogP contribution in [0.25, 0.3) is 10.6 Å². The maximum atomic E-state index is 12.6. The zero-order valence-electron chi connectivity index (χ0n) is 12.6. The normalized spacial score (nSPS) is 19.9. The standard InChI is InChI=1S/C17H20N2O2S/c1-12(20)14-8-5-9-19(10-14)17(21)15-11-22-16(18-15)13-6-3-2-4-7-13/h2-4,6-7,11-12,14,20H,5,8-10H2,1H3. The topological polar surface area (TPSA) is 53.4 Å². The largest absolute Gasteiger partial charge is 0.393 e. The predicted molar refractivity (Wildman–Crippen MR) is 87.9 cm³/mol. The average molecular weight is 316 g/mol. The lowest BCUT2D eigenvalue weighted by Gasteiger charge is -2.33. The van der Waals surface area contributed by atoms with Crippen molar-refractivity contribution in [3.8, 4) is 10.6 Å². The third-order valence-electron chi connectivity index (χ3n) is 4.17. The maximum absolute atomic E-state index is 12.6. The first-order valence-electron chi connectivity index (χ1n) is 7.63. The molecule has 2 aromatic rings. The zero-order valence-corrected chi connectivity index (χ0v) is 13.4. The number of carbonyl (C=O) groups is 1. The summed E-state index contributed by atoms with van der Waals surface area (Å²) in [5, 5.41) is 12.4. The molecule has 0 aliphatic carbocycles. The minimum absolute atomic E-state index is 0.0243. The molecule has 2 atom stereocenters. The number of rotatable bonds is 3. The summed E-state index contributed by atoms with van der Waals surface area (Å²) in [4.78, 5) is 18.9. The number of likely N-dealkylation sites (tertiary alicyclic amines) is 1. The van der Waals surface area contributed by atoms with E-state index in [-0.39, 0.29) is 17.9 Å². The van der Waals surface area contributed by atoms with E-state index in [4.69, 9.17) is 0 Å². The van der Waals surface area contributed by atoms with Gasteiger partial charge in [-0.3, -0.25) is 4.79 Å².